The number of nitrogens with two attached hydrogens (primary N) is 1. The Balaban J connectivity index is 2.26. The number of alkyl halides is 2. The molecule has 0 aliphatic carbocycles. The minimum absolute atomic E-state index is 0.203. The first-order valence-corrected chi connectivity index (χ1v) is 8.54. The lowest BCUT2D eigenvalue weighted by Crippen LogP contribution is -2.15. The van der Waals surface area contributed by atoms with Gasteiger partial charge in [0.2, 0.25) is 10.0 Å². The van der Waals surface area contributed by atoms with Gasteiger partial charge in [0.05, 0.1) is 17.6 Å². The average Bonchev–Trinajstić information content (AvgIpc) is 3.02. The van der Waals surface area contributed by atoms with E-state index in [0.717, 1.165) is 10.7 Å². The van der Waals surface area contributed by atoms with E-state index in [9.17, 15) is 26.0 Å². The Kier molecular flexibility index (Phi) is 4.50. The summed E-state index contributed by atoms with van der Waals surface area (Å²) in [6, 6.07) is 4.82. The highest BCUT2D eigenvalue weighted by atomic mass is 32.2. The van der Waals surface area contributed by atoms with Crippen LogP contribution in [0.4, 0.5) is 17.6 Å². The Labute approximate surface area is 145 Å². The van der Waals surface area contributed by atoms with E-state index in [1.807, 2.05) is 0 Å². The average molecular weight is 386 g/mol. The van der Waals surface area contributed by atoms with E-state index in [0.29, 0.717) is 12.1 Å². The zero-order chi connectivity index (χ0) is 19.1. The zero-order valence-electron chi connectivity index (χ0n) is 12.8. The molecular weight excluding hydrogens is 376 g/mol. The van der Waals surface area contributed by atoms with Crippen molar-refractivity contribution < 1.29 is 26.0 Å². The van der Waals surface area contributed by atoms with Crippen LogP contribution in [0.15, 0.2) is 47.6 Å². The minimum atomic E-state index is -4.49. The number of rotatable bonds is 4. The molecular formula is C15H10F4N4O2S. The summed E-state index contributed by atoms with van der Waals surface area (Å²) in [5, 5.41) is 8.51. The van der Waals surface area contributed by atoms with Gasteiger partial charge in [-0.3, -0.25) is 4.98 Å². The number of nitrogens with zero attached hydrogens (tertiary/aromatic N) is 3. The summed E-state index contributed by atoms with van der Waals surface area (Å²) >= 11 is 0. The molecule has 0 spiro atoms. The van der Waals surface area contributed by atoms with Gasteiger partial charge in [-0.1, -0.05) is 0 Å². The van der Waals surface area contributed by atoms with Crippen molar-refractivity contribution in [3.05, 3.63) is 60.1 Å². The maximum Gasteiger partial charge on any atom is 0.282 e. The summed E-state index contributed by atoms with van der Waals surface area (Å²) < 4.78 is 78.1. The van der Waals surface area contributed by atoms with Crippen LogP contribution in [-0.2, 0) is 10.0 Å². The second-order valence-electron chi connectivity index (χ2n) is 5.19. The molecule has 0 amide bonds. The number of sulfonamides is 1. The molecule has 6 nitrogen and oxygen atoms in total. The summed E-state index contributed by atoms with van der Waals surface area (Å²) in [7, 11) is -4.49. The van der Waals surface area contributed by atoms with E-state index in [2.05, 4.69) is 10.1 Å². The monoisotopic (exact) mass is 386 g/mol. The molecule has 136 valence electrons. The third kappa shape index (κ3) is 3.30. The number of primary sulfonamides is 1. The molecule has 0 saturated heterocycles. The lowest BCUT2D eigenvalue weighted by atomic mass is 10.1. The van der Waals surface area contributed by atoms with Crippen molar-refractivity contribution in [3.8, 4) is 16.9 Å². The van der Waals surface area contributed by atoms with Gasteiger partial charge in [-0.05, 0) is 30.3 Å². The van der Waals surface area contributed by atoms with Gasteiger partial charge in [0.1, 0.15) is 22.2 Å². The molecule has 0 saturated carbocycles. The maximum atomic E-state index is 14.4. The Bertz CT molecular complexity index is 1070. The van der Waals surface area contributed by atoms with Gasteiger partial charge in [-0.15, -0.1) is 0 Å². The fourth-order valence-corrected chi connectivity index (χ4v) is 2.92. The molecule has 0 aliphatic heterocycles. The van der Waals surface area contributed by atoms with Gasteiger partial charge < -0.3 is 0 Å². The van der Waals surface area contributed by atoms with Gasteiger partial charge in [-0.2, -0.15) is 5.10 Å². The second-order valence-corrected chi connectivity index (χ2v) is 6.72. The predicted molar refractivity (Wildman–Crippen MR) is 83.0 cm³/mol. The van der Waals surface area contributed by atoms with Crippen molar-refractivity contribution in [2.24, 2.45) is 5.14 Å². The fourth-order valence-electron chi connectivity index (χ4n) is 2.32. The van der Waals surface area contributed by atoms with Crippen LogP contribution in [0, 0.1) is 11.6 Å². The van der Waals surface area contributed by atoms with Gasteiger partial charge >= 0.3 is 0 Å². The van der Waals surface area contributed by atoms with Crippen LogP contribution in [0.2, 0.25) is 0 Å². The zero-order valence-corrected chi connectivity index (χ0v) is 13.6. The van der Waals surface area contributed by atoms with Gasteiger partial charge in [-0.25, -0.2) is 35.8 Å². The molecule has 0 unspecified atom stereocenters. The predicted octanol–water partition coefficient (Wildman–Crippen LogP) is 2.80. The van der Waals surface area contributed by atoms with Gasteiger partial charge in [0.25, 0.3) is 6.43 Å². The van der Waals surface area contributed by atoms with E-state index < -0.39 is 44.2 Å². The van der Waals surface area contributed by atoms with Crippen LogP contribution < -0.4 is 5.14 Å². The normalized spacial score (nSPS) is 11.9. The van der Waals surface area contributed by atoms with Crippen molar-refractivity contribution in [3.63, 3.8) is 0 Å². The van der Waals surface area contributed by atoms with Crippen LogP contribution in [0.1, 0.15) is 12.1 Å². The number of hydrogen-bond donors (Lipinski definition) is 1. The maximum absolute atomic E-state index is 14.4. The molecule has 0 fully saturated rings. The highest BCUT2D eigenvalue weighted by Crippen LogP contribution is 2.31. The highest BCUT2D eigenvalue weighted by molar-refractivity contribution is 7.89. The number of benzene rings is 1. The number of hydrogen-bond acceptors (Lipinski definition) is 4. The molecule has 2 N–H and O–H groups in total. The largest absolute Gasteiger partial charge is 0.282 e. The van der Waals surface area contributed by atoms with Crippen LogP contribution in [0.25, 0.3) is 16.9 Å². The molecule has 3 rings (SSSR count). The van der Waals surface area contributed by atoms with E-state index in [4.69, 9.17) is 5.14 Å². The standard InChI is InChI=1S/C15H10F4N4O2S/c16-10-5-14(26(20,24)25)11(17)4-9(10)13-6-12(15(18)19)22-23(13)8-2-1-3-21-7-8/h1-7,15H,(H2,20,24,25). The van der Waals surface area contributed by atoms with Crippen LogP contribution >= 0.6 is 0 Å². The first kappa shape index (κ1) is 18.0. The Hall–Kier alpha value is -2.79. The Morgan fingerprint density at radius 1 is 1.12 bits per heavy atom. The lowest BCUT2D eigenvalue weighted by molar-refractivity contribution is 0.145. The minimum Gasteiger partial charge on any atom is -0.262 e. The first-order valence-electron chi connectivity index (χ1n) is 6.99. The molecule has 2 aromatic heterocycles. The van der Waals surface area contributed by atoms with E-state index >= 15 is 0 Å². The SMILES string of the molecule is NS(=O)(=O)c1cc(F)c(-c2cc(C(F)F)nn2-c2cccnc2)cc1F. The van der Waals surface area contributed by atoms with E-state index in [-0.39, 0.29) is 11.4 Å². The molecule has 0 bridgehead atoms. The summed E-state index contributed by atoms with van der Waals surface area (Å²) in [6.07, 6.45) is -0.233. The van der Waals surface area contributed by atoms with Crippen molar-refractivity contribution in [1.82, 2.24) is 14.8 Å². The quantitative estimate of drug-likeness (QED) is 0.698. The molecule has 26 heavy (non-hydrogen) atoms. The summed E-state index contributed by atoms with van der Waals surface area (Å²) in [5.74, 6) is -2.48. The summed E-state index contributed by atoms with van der Waals surface area (Å²) in [6.45, 7) is 0. The number of halogens is 4. The topological polar surface area (TPSA) is 90.9 Å². The highest BCUT2D eigenvalue weighted by Gasteiger charge is 2.23. The van der Waals surface area contributed by atoms with Crippen molar-refractivity contribution in [1.29, 1.82) is 0 Å². The molecule has 11 heteroatoms. The van der Waals surface area contributed by atoms with Crippen molar-refractivity contribution in [2.45, 2.75) is 11.3 Å². The molecule has 0 radical (unpaired) electrons. The second kappa shape index (κ2) is 6.50. The Morgan fingerprint density at radius 2 is 1.85 bits per heavy atom. The smallest absolute Gasteiger partial charge is 0.262 e. The molecule has 1 aromatic carbocycles. The summed E-state index contributed by atoms with van der Waals surface area (Å²) in [5.41, 5.74) is -1.10. The fraction of sp³-hybridized carbons (Fsp3) is 0.0667. The van der Waals surface area contributed by atoms with Crippen LogP contribution in [0.3, 0.4) is 0 Å². The number of aromatic nitrogens is 3. The number of pyridine rings is 1. The molecule has 2 heterocycles. The molecule has 3 aromatic rings. The Morgan fingerprint density at radius 3 is 2.42 bits per heavy atom. The summed E-state index contributed by atoms with van der Waals surface area (Å²) in [4.78, 5) is 2.78. The third-order valence-electron chi connectivity index (χ3n) is 3.45. The first-order chi connectivity index (χ1) is 12.2. The molecule has 0 aliphatic rings. The van der Waals surface area contributed by atoms with Crippen molar-refractivity contribution in [2.75, 3.05) is 0 Å². The van der Waals surface area contributed by atoms with E-state index in [1.165, 1.54) is 24.5 Å². The van der Waals surface area contributed by atoms with Crippen LogP contribution in [0.5, 0.6) is 0 Å². The third-order valence-corrected chi connectivity index (χ3v) is 4.37. The van der Waals surface area contributed by atoms with Gasteiger partial charge in [0.15, 0.2) is 0 Å². The lowest BCUT2D eigenvalue weighted by Gasteiger charge is -2.09. The van der Waals surface area contributed by atoms with Crippen molar-refractivity contribution >= 4 is 10.0 Å². The van der Waals surface area contributed by atoms with Crippen LogP contribution in [-0.4, -0.2) is 23.2 Å². The molecule has 0 atom stereocenters. The van der Waals surface area contributed by atoms with E-state index in [1.54, 1.807) is 0 Å². The van der Waals surface area contributed by atoms with Gasteiger partial charge in [0, 0.05) is 11.8 Å².